The molecule has 0 aliphatic carbocycles. The van der Waals surface area contributed by atoms with Crippen LogP contribution in [0.3, 0.4) is 0 Å². The second-order valence-electron chi connectivity index (χ2n) is 4.67. The number of aliphatic hydroxyl groups is 1. The monoisotopic (exact) mass is 277 g/mol. The van der Waals surface area contributed by atoms with Gasteiger partial charge in [0.1, 0.15) is 12.4 Å². The first-order valence-corrected chi connectivity index (χ1v) is 5.95. The molecule has 0 saturated heterocycles. The fourth-order valence-corrected chi connectivity index (χ4v) is 1.39. The molecule has 6 heteroatoms. The predicted molar refractivity (Wildman–Crippen MR) is 65.7 cm³/mol. The van der Waals surface area contributed by atoms with Crippen LogP contribution < -0.4 is 10.5 Å². The maximum atomic E-state index is 12.9. The molecule has 1 aromatic carbocycles. The third kappa shape index (κ3) is 4.40. The van der Waals surface area contributed by atoms with E-state index in [1.54, 1.807) is 6.92 Å². The first-order chi connectivity index (χ1) is 8.69. The van der Waals surface area contributed by atoms with Crippen LogP contribution in [0.25, 0.3) is 0 Å². The van der Waals surface area contributed by atoms with E-state index < -0.39 is 17.3 Å². The summed E-state index contributed by atoms with van der Waals surface area (Å²) in [5.74, 6) is -0.293. The Bertz CT molecular complexity index is 430. The van der Waals surface area contributed by atoms with Crippen LogP contribution in [0.5, 0.6) is 5.75 Å². The van der Waals surface area contributed by atoms with Gasteiger partial charge in [-0.05, 0) is 31.0 Å². The van der Waals surface area contributed by atoms with E-state index in [2.05, 4.69) is 0 Å². The normalized spacial score (nSPS) is 15.1. The van der Waals surface area contributed by atoms with Gasteiger partial charge in [0.05, 0.1) is 11.2 Å². The lowest BCUT2D eigenvalue weighted by Crippen LogP contribution is -2.31. The Hall–Kier alpha value is -1.27. The first-order valence-electron chi connectivity index (χ1n) is 5.95. The third-order valence-electron chi connectivity index (χ3n) is 2.89. The Kier molecular flexibility index (Phi) is 4.81. The molecular formula is C13H18F3NO2. The van der Waals surface area contributed by atoms with Crippen LogP contribution in [-0.4, -0.2) is 17.3 Å². The highest BCUT2D eigenvalue weighted by atomic mass is 19.4. The molecule has 1 atom stereocenters. The van der Waals surface area contributed by atoms with E-state index in [0.29, 0.717) is 12.0 Å². The number of alkyl halides is 3. The molecule has 0 radical (unpaired) electrons. The van der Waals surface area contributed by atoms with Gasteiger partial charge in [-0.1, -0.05) is 13.0 Å². The molecule has 0 spiro atoms. The van der Waals surface area contributed by atoms with Crippen molar-refractivity contribution in [2.24, 2.45) is 5.73 Å². The van der Waals surface area contributed by atoms with E-state index in [0.717, 1.165) is 6.07 Å². The van der Waals surface area contributed by atoms with E-state index in [-0.39, 0.29) is 18.9 Å². The van der Waals surface area contributed by atoms with Crippen molar-refractivity contribution in [2.75, 3.05) is 6.61 Å². The van der Waals surface area contributed by atoms with Crippen molar-refractivity contribution in [3.8, 4) is 5.75 Å². The fourth-order valence-electron chi connectivity index (χ4n) is 1.39. The Morgan fingerprint density at radius 3 is 2.42 bits per heavy atom. The second kappa shape index (κ2) is 5.79. The van der Waals surface area contributed by atoms with Crippen molar-refractivity contribution in [3.63, 3.8) is 0 Å². The van der Waals surface area contributed by atoms with Crippen molar-refractivity contribution < 1.29 is 23.0 Å². The standard InChI is InChI=1S/C13H18F3NO2/c1-3-12(2,18)8-19-11-5-4-9(7-17)6-10(11)13(14,15)16/h4-6,18H,3,7-8,17H2,1-2H3. The van der Waals surface area contributed by atoms with Gasteiger partial charge in [0.2, 0.25) is 0 Å². The Balaban J connectivity index is 3.00. The lowest BCUT2D eigenvalue weighted by molar-refractivity contribution is -0.139. The summed E-state index contributed by atoms with van der Waals surface area (Å²) in [7, 11) is 0. The number of rotatable bonds is 5. The molecule has 3 nitrogen and oxygen atoms in total. The molecule has 1 aromatic rings. The molecule has 108 valence electrons. The van der Waals surface area contributed by atoms with E-state index >= 15 is 0 Å². The molecule has 0 amide bonds. The van der Waals surface area contributed by atoms with Crippen molar-refractivity contribution in [2.45, 2.75) is 38.6 Å². The third-order valence-corrected chi connectivity index (χ3v) is 2.89. The van der Waals surface area contributed by atoms with Gasteiger partial charge in [-0.15, -0.1) is 0 Å². The zero-order valence-electron chi connectivity index (χ0n) is 10.9. The molecule has 1 rings (SSSR count). The molecule has 0 bridgehead atoms. The average molecular weight is 277 g/mol. The van der Waals surface area contributed by atoms with Crippen LogP contribution in [-0.2, 0) is 12.7 Å². The number of hydrogen-bond donors (Lipinski definition) is 2. The summed E-state index contributed by atoms with van der Waals surface area (Å²) in [5.41, 5.74) is 3.68. The number of benzene rings is 1. The number of halogens is 3. The summed E-state index contributed by atoms with van der Waals surface area (Å²) in [4.78, 5) is 0. The minimum atomic E-state index is -4.52. The molecule has 0 fully saturated rings. The highest BCUT2D eigenvalue weighted by Crippen LogP contribution is 2.37. The maximum Gasteiger partial charge on any atom is 0.419 e. The molecule has 3 N–H and O–H groups in total. The lowest BCUT2D eigenvalue weighted by Gasteiger charge is -2.23. The van der Waals surface area contributed by atoms with Crippen molar-refractivity contribution in [3.05, 3.63) is 29.3 Å². The van der Waals surface area contributed by atoms with Crippen molar-refractivity contribution >= 4 is 0 Å². The minimum Gasteiger partial charge on any atom is -0.490 e. The molecule has 0 aromatic heterocycles. The topological polar surface area (TPSA) is 55.5 Å². The molecule has 0 aliphatic heterocycles. The van der Waals surface area contributed by atoms with Crippen LogP contribution >= 0.6 is 0 Å². The van der Waals surface area contributed by atoms with E-state index in [1.165, 1.54) is 19.1 Å². The Labute approximate surface area is 110 Å². The molecule has 0 heterocycles. The van der Waals surface area contributed by atoms with Gasteiger partial charge in [-0.2, -0.15) is 13.2 Å². The summed E-state index contributed by atoms with van der Waals surface area (Å²) < 4.78 is 43.8. The quantitative estimate of drug-likeness (QED) is 0.870. The smallest absolute Gasteiger partial charge is 0.419 e. The van der Waals surface area contributed by atoms with Crippen LogP contribution in [0.4, 0.5) is 13.2 Å². The first kappa shape index (κ1) is 15.8. The van der Waals surface area contributed by atoms with Gasteiger partial charge in [-0.25, -0.2) is 0 Å². The molecule has 1 unspecified atom stereocenters. The minimum absolute atomic E-state index is 0.0238. The fraction of sp³-hybridized carbons (Fsp3) is 0.538. The summed E-state index contributed by atoms with van der Waals surface area (Å²) in [6.07, 6.45) is -4.13. The largest absolute Gasteiger partial charge is 0.490 e. The van der Waals surface area contributed by atoms with E-state index in [4.69, 9.17) is 10.5 Å². The number of hydrogen-bond acceptors (Lipinski definition) is 3. The number of nitrogens with two attached hydrogens (primary N) is 1. The van der Waals surface area contributed by atoms with Gasteiger partial charge in [-0.3, -0.25) is 0 Å². The summed E-state index contributed by atoms with van der Waals surface area (Å²) >= 11 is 0. The van der Waals surface area contributed by atoms with Gasteiger partial charge >= 0.3 is 6.18 Å². The van der Waals surface area contributed by atoms with Crippen molar-refractivity contribution in [1.82, 2.24) is 0 Å². The van der Waals surface area contributed by atoms with Crippen LogP contribution in [0.15, 0.2) is 18.2 Å². The van der Waals surface area contributed by atoms with Crippen LogP contribution in [0.2, 0.25) is 0 Å². The SMILES string of the molecule is CCC(C)(O)COc1ccc(CN)cc1C(F)(F)F. The Morgan fingerprint density at radius 2 is 1.95 bits per heavy atom. The average Bonchev–Trinajstić information content (AvgIpc) is 2.35. The van der Waals surface area contributed by atoms with Crippen LogP contribution in [0.1, 0.15) is 31.4 Å². The second-order valence-corrected chi connectivity index (χ2v) is 4.67. The highest BCUT2D eigenvalue weighted by Gasteiger charge is 2.35. The maximum absolute atomic E-state index is 12.9. The Morgan fingerprint density at radius 1 is 1.32 bits per heavy atom. The lowest BCUT2D eigenvalue weighted by atomic mass is 10.1. The molecular weight excluding hydrogens is 259 g/mol. The molecule has 0 saturated carbocycles. The van der Waals surface area contributed by atoms with Gasteiger partial charge in [0.15, 0.2) is 0 Å². The van der Waals surface area contributed by atoms with Gasteiger partial charge in [0.25, 0.3) is 0 Å². The van der Waals surface area contributed by atoms with Gasteiger partial charge < -0.3 is 15.6 Å². The summed E-state index contributed by atoms with van der Waals surface area (Å²) in [6, 6.07) is 3.68. The number of ether oxygens (including phenoxy) is 1. The highest BCUT2D eigenvalue weighted by molar-refractivity contribution is 5.39. The molecule has 0 aliphatic rings. The zero-order chi connectivity index (χ0) is 14.7. The van der Waals surface area contributed by atoms with E-state index in [9.17, 15) is 18.3 Å². The molecule has 19 heavy (non-hydrogen) atoms. The summed E-state index contributed by atoms with van der Waals surface area (Å²) in [5, 5.41) is 9.75. The van der Waals surface area contributed by atoms with Crippen LogP contribution in [0, 0.1) is 0 Å². The van der Waals surface area contributed by atoms with E-state index in [1.807, 2.05) is 0 Å². The predicted octanol–water partition coefficient (Wildman–Crippen LogP) is 2.70. The van der Waals surface area contributed by atoms with Crippen molar-refractivity contribution in [1.29, 1.82) is 0 Å². The zero-order valence-corrected chi connectivity index (χ0v) is 10.9. The van der Waals surface area contributed by atoms with Gasteiger partial charge in [0, 0.05) is 6.54 Å². The summed E-state index contributed by atoms with van der Waals surface area (Å²) in [6.45, 7) is 3.06.